The van der Waals surface area contributed by atoms with Gasteiger partial charge in [0.25, 0.3) is 0 Å². The molecule has 0 radical (unpaired) electrons. The van der Waals surface area contributed by atoms with Gasteiger partial charge in [0.05, 0.1) is 11.1 Å². The van der Waals surface area contributed by atoms with Crippen LogP contribution >= 0.6 is 15.9 Å². The molecule has 17 heavy (non-hydrogen) atoms. The molecule has 0 aliphatic heterocycles. The molecule has 4 heteroatoms. The third kappa shape index (κ3) is 5.06. The summed E-state index contributed by atoms with van der Waals surface area (Å²) in [5, 5.41) is 12.3. The van der Waals surface area contributed by atoms with Crippen molar-refractivity contribution in [3.05, 3.63) is 28.2 Å². The molecule has 1 atom stereocenters. The second kappa shape index (κ2) is 7.69. The largest absolute Gasteiger partial charge is 0.487 e. The highest BCUT2D eigenvalue weighted by Gasteiger charge is 2.06. The van der Waals surface area contributed by atoms with Crippen LogP contribution in [0.3, 0.4) is 0 Å². The van der Waals surface area contributed by atoms with E-state index in [0.717, 1.165) is 29.7 Å². The minimum Gasteiger partial charge on any atom is -0.487 e. The van der Waals surface area contributed by atoms with E-state index in [0.29, 0.717) is 0 Å². The molecule has 0 amide bonds. The minimum atomic E-state index is -0.185. The molecule has 0 fully saturated rings. The standard InChI is InChI=1S/C13H20BrNO2/c1-3-6-15-8-11-4-5-13(12(14)7-11)17-10(2)9-16/h4-5,7,10,15-16H,3,6,8-9H2,1-2H3. The maximum Gasteiger partial charge on any atom is 0.134 e. The van der Waals surface area contributed by atoms with Gasteiger partial charge in [-0.1, -0.05) is 13.0 Å². The summed E-state index contributed by atoms with van der Waals surface area (Å²) in [4.78, 5) is 0. The van der Waals surface area contributed by atoms with E-state index in [2.05, 4.69) is 28.2 Å². The van der Waals surface area contributed by atoms with Crippen molar-refractivity contribution in [2.75, 3.05) is 13.2 Å². The molecule has 0 aliphatic rings. The number of aliphatic hydroxyl groups is 1. The summed E-state index contributed by atoms with van der Waals surface area (Å²) in [5.74, 6) is 0.769. The van der Waals surface area contributed by atoms with Crippen molar-refractivity contribution in [2.45, 2.75) is 32.9 Å². The Labute approximate surface area is 111 Å². The Morgan fingerprint density at radius 2 is 2.24 bits per heavy atom. The topological polar surface area (TPSA) is 41.5 Å². The molecule has 1 aromatic rings. The SMILES string of the molecule is CCCNCc1ccc(OC(C)CO)c(Br)c1. The second-order valence-electron chi connectivity index (χ2n) is 4.05. The number of aliphatic hydroxyl groups excluding tert-OH is 1. The van der Waals surface area contributed by atoms with Crippen LogP contribution in [0.25, 0.3) is 0 Å². The number of nitrogens with one attached hydrogen (secondary N) is 1. The van der Waals surface area contributed by atoms with Crippen LogP contribution in [0.15, 0.2) is 22.7 Å². The first-order valence-electron chi connectivity index (χ1n) is 5.94. The molecule has 3 nitrogen and oxygen atoms in total. The summed E-state index contributed by atoms with van der Waals surface area (Å²) in [5.41, 5.74) is 1.22. The molecular formula is C13H20BrNO2. The predicted molar refractivity (Wildman–Crippen MR) is 73.3 cm³/mol. The first-order valence-corrected chi connectivity index (χ1v) is 6.73. The molecule has 1 aromatic carbocycles. The van der Waals surface area contributed by atoms with Gasteiger partial charge in [0.2, 0.25) is 0 Å². The normalized spacial score (nSPS) is 12.5. The lowest BCUT2D eigenvalue weighted by Crippen LogP contribution is -2.17. The second-order valence-corrected chi connectivity index (χ2v) is 4.91. The molecule has 1 rings (SSSR count). The molecule has 0 bridgehead atoms. The zero-order chi connectivity index (χ0) is 12.7. The van der Waals surface area contributed by atoms with Crippen molar-refractivity contribution >= 4 is 15.9 Å². The summed E-state index contributed by atoms with van der Waals surface area (Å²) in [6.45, 7) is 5.89. The van der Waals surface area contributed by atoms with Crippen molar-refractivity contribution in [3.8, 4) is 5.75 Å². The molecule has 1 unspecified atom stereocenters. The highest BCUT2D eigenvalue weighted by molar-refractivity contribution is 9.10. The van der Waals surface area contributed by atoms with Crippen LogP contribution in [-0.2, 0) is 6.54 Å². The van der Waals surface area contributed by atoms with Crippen LogP contribution in [0.5, 0.6) is 5.75 Å². The van der Waals surface area contributed by atoms with Crippen molar-refractivity contribution in [2.24, 2.45) is 0 Å². The molecule has 0 saturated carbocycles. The Balaban J connectivity index is 2.59. The van der Waals surface area contributed by atoms with E-state index >= 15 is 0 Å². The number of ether oxygens (including phenoxy) is 1. The van der Waals surface area contributed by atoms with Crippen molar-refractivity contribution in [3.63, 3.8) is 0 Å². The van der Waals surface area contributed by atoms with E-state index in [4.69, 9.17) is 9.84 Å². The fourth-order valence-corrected chi connectivity index (χ4v) is 1.93. The van der Waals surface area contributed by atoms with Crippen molar-refractivity contribution < 1.29 is 9.84 Å². The van der Waals surface area contributed by atoms with Crippen LogP contribution in [0, 0.1) is 0 Å². The summed E-state index contributed by atoms with van der Waals surface area (Å²) < 4.78 is 6.48. The van der Waals surface area contributed by atoms with E-state index in [-0.39, 0.29) is 12.7 Å². The Morgan fingerprint density at radius 1 is 1.47 bits per heavy atom. The van der Waals surface area contributed by atoms with Crippen LogP contribution in [-0.4, -0.2) is 24.4 Å². The Kier molecular flexibility index (Phi) is 6.55. The molecule has 2 N–H and O–H groups in total. The molecule has 0 saturated heterocycles. The van der Waals surface area contributed by atoms with E-state index in [1.807, 2.05) is 25.1 Å². The van der Waals surface area contributed by atoms with E-state index in [9.17, 15) is 0 Å². The Morgan fingerprint density at radius 3 is 2.82 bits per heavy atom. The number of halogens is 1. The lowest BCUT2D eigenvalue weighted by atomic mass is 10.2. The number of rotatable bonds is 7. The number of hydrogen-bond donors (Lipinski definition) is 2. The van der Waals surface area contributed by atoms with Gasteiger partial charge in [0.15, 0.2) is 0 Å². The quantitative estimate of drug-likeness (QED) is 0.761. The minimum absolute atomic E-state index is 0.0201. The molecule has 0 aliphatic carbocycles. The summed E-state index contributed by atoms with van der Waals surface area (Å²) in [7, 11) is 0. The van der Waals surface area contributed by atoms with Gasteiger partial charge in [-0.2, -0.15) is 0 Å². The van der Waals surface area contributed by atoms with E-state index in [1.54, 1.807) is 0 Å². The first kappa shape index (κ1) is 14.5. The van der Waals surface area contributed by atoms with Gasteiger partial charge in [0, 0.05) is 6.54 Å². The van der Waals surface area contributed by atoms with Gasteiger partial charge >= 0.3 is 0 Å². The van der Waals surface area contributed by atoms with Gasteiger partial charge < -0.3 is 15.2 Å². The predicted octanol–water partition coefficient (Wildman–Crippen LogP) is 2.71. The van der Waals surface area contributed by atoms with E-state index < -0.39 is 0 Å². The number of hydrogen-bond acceptors (Lipinski definition) is 3. The molecular weight excluding hydrogens is 282 g/mol. The molecule has 0 heterocycles. The third-order valence-electron chi connectivity index (χ3n) is 2.34. The first-order chi connectivity index (χ1) is 8.17. The van der Waals surface area contributed by atoms with Gasteiger partial charge in [-0.3, -0.25) is 0 Å². The Hall–Kier alpha value is -0.580. The molecule has 0 aromatic heterocycles. The zero-order valence-corrected chi connectivity index (χ0v) is 12.0. The van der Waals surface area contributed by atoms with Gasteiger partial charge in [-0.25, -0.2) is 0 Å². The highest BCUT2D eigenvalue weighted by atomic mass is 79.9. The lowest BCUT2D eigenvalue weighted by molar-refractivity contribution is 0.129. The smallest absolute Gasteiger partial charge is 0.134 e. The maximum atomic E-state index is 8.93. The number of benzene rings is 1. The molecule has 0 spiro atoms. The van der Waals surface area contributed by atoms with Crippen LogP contribution in [0.1, 0.15) is 25.8 Å². The summed E-state index contributed by atoms with van der Waals surface area (Å²) in [6, 6.07) is 6.01. The Bertz CT molecular complexity index is 344. The van der Waals surface area contributed by atoms with Gasteiger partial charge in [0.1, 0.15) is 11.9 Å². The average Bonchev–Trinajstić information content (AvgIpc) is 2.32. The van der Waals surface area contributed by atoms with Crippen LogP contribution in [0.4, 0.5) is 0 Å². The lowest BCUT2D eigenvalue weighted by Gasteiger charge is -2.14. The zero-order valence-electron chi connectivity index (χ0n) is 10.4. The van der Waals surface area contributed by atoms with E-state index in [1.165, 1.54) is 5.56 Å². The fourth-order valence-electron chi connectivity index (χ4n) is 1.41. The highest BCUT2D eigenvalue weighted by Crippen LogP contribution is 2.26. The monoisotopic (exact) mass is 301 g/mol. The third-order valence-corrected chi connectivity index (χ3v) is 2.96. The molecule has 96 valence electrons. The maximum absolute atomic E-state index is 8.93. The van der Waals surface area contributed by atoms with Crippen LogP contribution < -0.4 is 10.1 Å². The van der Waals surface area contributed by atoms with Crippen molar-refractivity contribution in [1.82, 2.24) is 5.32 Å². The van der Waals surface area contributed by atoms with Gasteiger partial charge in [-0.15, -0.1) is 0 Å². The average molecular weight is 302 g/mol. The van der Waals surface area contributed by atoms with Gasteiger partial charge in [-0.05, 0) is 53.5 Å². The summed E-state index contributed by atoms with van der Waals surface area (Å²) >= 11 is 3.48. The summed E-state index contributed by atoms with van der Waals surface area (Å²) in [6.07, 6.45) is 0.950. The fraction of sp³-hybridized carbons (Fsp3) is 0.538. The van der Waals surface area contributed by atoms with Crippen molar-refractivity contribution in [1.29, 1.82) is 0 Å². The van der Waals surface area contributed by atoms with Crippen LogP contribution in [0.2, 0.25) is 0 Å².